The summed E-state index contributed by atoms with van der Waals surface area (Å²) in [5, 5.41) is 5.33. The van der Waals surface area contributed by atoms with Crippen molar-refractivity contribution in [1.82, 2.24) is 10.6 Å². The summed E-state index contributed by atoms with van der Waals surface area (Å²) in [6, 6.07) is 6.41. The number of hydrogen-bond donors (Lipinski definition) is 2. The first-order chi connectivity index (χ1) is 11.4. The summed E-state index contributed by atoms with van der Waals surface area (Å²) in [4.78, 5) is 24.2. The average Bonchev–Trinajstić information content (AvgIpc) is 2.51. The topological polar surface area (TPSA) is 76.7 Å². The predicted octanol–water partition coefficient (Wildman–Crippen LogP) is 2.91. The molecule has 2 atom stereocenters. The van der Waals surface area contributed by atoms with E-state index in [1.54, 1.807) is 13.8 Å². The molecule has 1 saturated heterocycles. The Morgan fingerprint density at radius 2 is 1.96 bits per heavy atom. The number of hydrogen-bond acceptors (Lipinski definition) is 4. The largest absolute Gasteiger partial charge is 0.494 e. The van der Waals surface area contributed by atoms with E-state index in [-0.39, 0.29) is 12.1 Å². The number of carbonyl (C=O) groups is 2. The van der Waals surface area contributed by atoms with Crippen LogP contribution in [0.2, 0.25) is 0 Å². The zero-order valence-corrected chi connectivity index (χ0v) is 14.3. The van der Waals surface area contributed by atoms with Crippen molar-refractivity contribution < 1.29 is 19.1 Å². The minimum Gasteiger partial charge on any atom is -0.494 e. The summed E-state index contributed by atoms with van der Waals surface area (Å²) in [5.74, 6) is -0.354. The van der Waals surface area contributed by atoms with E-state index >= 15 is 0 Å². The first-order valence-corrected chi connectivity index (χ1v) is 8.12. The second kappa shape index (κ2) is 7.86. The lowest BCUT2D eigenvalue weighted by molar-refractivity contribution is -0.152. The van der Waals surface area contributed by atoms with Gasteiger partial charge in [0, 0.05) is 5.70 Å². The smallest absolute Gasteiger partial charge is 0.319 e. The SMILES string of the molecule is C=C1NC(=O)N[C@H](c2ccc(OCCC)cc2)[C@H]1C(=O)OC(C)C. The normalized spacial score (nSPS) is 20.3. The van der Waals surface area contributed by atoms with E-state index in [2.05, 4.69) is 17.2 Å². The molecule has 0 aromatic heterocycles. The maximum atomic E-state index is 12.4. The van der Waals surface area contributed by atoms with Gasteiger partial charge in [-0.3, -0.25) is 4.79 Å². The van der Waals surface area contributed by atoms with E-state index in [1.165, 1.54) is 0 Å². The van der Waals surface area contributed by atoms with Gasteiger partial charge in [-0.05, 0) is 38.0 Å². The molecule has 0 bridgehead atoms. The molecular weight excluding hydrogens is 308 g/mol. The molecule has 1 aromatic carbocycles. The fourth-order valence-corrected chi connectivity index (χ4v) is 2.54. The molecule has 2 amide bonds. The number of benzene rings is 1. The van der Waals surface area contributed by atoms with Gasteiger partial charge in [0.05, 0.1) is 18.8 Å². The van der Waals surface area contributed by atoms with Crippen LogP contribution in [-0.2, 0) is 9.53 Å². The Labute approximate surface area is 142 Å². The van der Waals surface area contributed by atoms with E-state index < -0.39 is 17.9 Å². The summed E-state index contributed by atoms with van der Waals surface area (Å²) in [6.45, 7) is 10.1. The molecule has 6 nitrogen and oxygen atoms in total. The van der Waals surface area contributed by atoms with Gasteiger partial charge >= 0.3 is 12.0 Å². The van der Waals surface area contributed by atoms with Crippen LogP contribution in [0.5, 0.6) is 5.75 Å². The Hall–Kier alpha value is -2.50. The molecule has 0 radical (unpaired) electrons. The molecular formula is C18H24N2O4. The Morgan fingerprint density at radius 1 is 1.29 bits per heavy atom. The molecule has 6 heteroatoms. The van der Waals surface area contributed by atoms with Crippen LogP contribution in [0.25, 0.3) is 0 Å². The van der Waals surface area contributed by atoms with Crippen LogP contribution >= 0.6 is 0 Å². The summed E-state index contributed by atoms with van der Waals surface area (Å²) < 4.78 is 10.9. The van der Waals surface area contributed by atoms with Gasteiger partial charge in [-0.1, -0.05) is 25.6 Å². The van der Waals surface area contributed by atoms with Gasteiger partial charge < -0.3 is 20.1 Å². The quantitative estimate of drug-likeness (QED) is 0.785. The second-order valence-electron chi connectivity index (χ2n) is 5.98. The van der Waals surface area contributed by atoms with Crippen LogP contribution < -0.4 is 15.4 Å². The molecule has 1 aliphatic heterocycles. The maximum absolute atomic E-state index is 12.4. The molecule has 0 spiro atoms. The average molecular weight is 332 g/mol. The van der Waals surface area contributed by atoms with Crippen molar-refractivity contribution in [3.8, 4) is 5.75 Å². The first-order valence-electron chi connectivity index (χ1n) is 8.12. The fourth-order valence-electron chi connectivity index (χ4n) is 2.54. The third kappa shape index (κ3) is 4.28. The highest BCUT2D eigenvalue weighted by Crippen LogP contribution is 2.31. The molecule has 1 aliphatic rings. The van der Waals surface area contributed by atoms with Crippen molar-refractivity contribution in [3.63, 3.8) is 0 Å². The van der Waals surface area contributed by atoms with Gasteiger partial charge in [0.2, 0.25) is 0 Å². The Kier molecular flexibility index (Phi) is 5.84. The van der Waals surface area contributed by atoms with Crippen LogP contribution in [0.15, 0.2) is 36.5 Å². The highest BCUT2D eigenvalue weighted by molar-refractivity contribution is 5.85. The molecule has 1 aromatic rings. The molecule has 24 heavy (non-hydrogen) atoms. The van der Waals surface area contributed by atoms with Gasteiger partial charge in [-0.2, -0.15) is 0 Å². The molecule has 130 valence electrons. The second-order valence-corrected chi connectivity index (χ2v) is 5.98. The molecule has 0 saturated carbocycles. The number of rotatable bonds is 6. The van der Waals surface area contributed by atoms with E-state index in [0.29, 0.717) is 12.3 Å². The number of carbonyl (C=O) groups excluding carboxylic acids is 2. The Bertz CT molecular complexity index is 610. The third-order valence-electron chi connectivity index (χ3n) is 3.59. The zero-order chi connectivity index (χ0) is 17.7. The van der Waals surface area contributed by atoms with Crippen molar-refractivity contribution in [2.75, 3.05) is 6.61 Å². The van der Waals surface area contributed by atoms with Crippen molar-refractivity contribution in [3.05, 3.63) is 42.1 Å². The Balaban J connectivity index is 2.23. The zero-order valence-electron chi connectivity index (χ0n) is 14.3. The number of nitrogens with one attached hydrogen (secondary N) is 2. The molecule has 0 unspecified atom stereocenters. The highest BCUT2D eigenvalue weighted by atomic mass is 16.5. The van der Waals surface area contributed by atoms with Gasteiger partial charge in [0.25, 0.3) is 0 Å². The number of esters is 1. The van der Waals surface area contributed by atoms with Gasteiger partial charge in [-0.15, -0.1) is 0 Å². The van der Waals surface area contributed by atoms with Gasteiger partial charge in [0.15, 0.2) is 0 Å². The van der Waals surface area contributed by atoms with E-state index in [4.69, 9.17) is 9.47 Å². The molecule has 1 heterocycles. The summed E-state index contributed by atoms with van der Waals surface area (Å²) in [7, 11) is 0. The first kappa shape index (κ1) is 17.8. The minimum absolute atomic E-state index is 0.242. The van der Waals surface area contributed by atoms with Crippen molar-refractivity contribution >= 4 is 12.0 Å². The maximum Gasteiger partial charge on any atom is 0.319 e. The van der Waals surface area contributed by atoms with Crippen molar-refractivity contribution in [1.29, 1.82) is 0 Å². The predicted molar refractivity (Wildman–Crippen MR) is 90.5 cm³/mol. The summed E-state index contributed by atoms with van der Waals surface area (Å²) >= 11 is 0. The van der Waals surface area contributed by atoms with E-state index in [1.807, 2.05) is 31.2 Å². The molecule has 1 fully saturated rings. The lowest BCUT2D eigenvalue weighted by atomic mass is 9.89. The van der Waals surface area contributed by atoms with Crippen molar-refractivity contribution in [2.45, 2.75) is 39.3 Å². The lowest BCUT2D eigenvalue weighted by Gasteiger charge is -2.33. The van der Waals surface area contributed by atoms with Crippen LogP contribution in [0, 0.1) is 5.92 Å². The number of urea groups is 1. The Morgan fingerprint density at radius 3 is 2.54 bits per heavy atom. The van der Waals surface area contributed by atoms with Gasteiger partial charge in [-0.25, -0.2) is 4.79 Å². The third-order valence-corrected chi connectivity index (χ3v) is 3.59. The van der Waals surface area contributed by atoms with Crippen LogP contribution in [0.1, 0.15) is 38.8 Å². The molecule has 0 aliphatic carbocycles. The molecule has 2 rings (SSSR count). The highest BCUT2D eigenvalue weighted by Gasteiger charge is 2.39. The van der Waals surface area contributed by atoms with Crippen LogP contribution in [0.4, 0.5) is 4.79 Å². The fraction of sp³-hybridized carbons (Fsp3) is 0.444. The van der Waals surface area contributed by atoms with Crippen LogP contribution in [-0.4, -0.2) is 24.7 Å². The van der Waals surface area contributed by atoms with Crippen molar-refractivity contribution in [2.24, 2.45) is 5.92 Å². The van der Waals surface area contributed by atoms with Gasteiger partial charge in [0.1, 0.15) is 11.7 Å². The minimum atomic E-state index is -0.687. The van der Waals surface area contributed by atoms with E-state index in [9.17, 15) is 9.59 Å². The monoisotopic (exact) mass is 332 g/mol. The lowest BCUT2D eigenvalue weighted by Crippen LogP contribution is -2.51. The molecule has 2 N–H and O–H groups in total. The summed E-state index contributed by atoms with van der Waals surface area (Å²) in [5.41, 5.74) is 1.13. The number of ether oxygens (including phenoxy) is 2. The van der Waals surface area contributed by atoms with E-state index in [0.717, 1.165) is 17.7 Å². The van der Waals surface area contributed by atoms with Crippen LogP contribution in [0.3, 0.4) is 0 Å². The summed E-state index contributed by atoms with van der Waals surface area (Å²) in [6.07, 6.45) is 0.683. The standard InChI is InChI=1S/C18H24N2O4/c1-5-10-23-14-8-6-13(7-9-14)16-15(17(21)24-11(2)3)12(4)19-18(22)20-16/h6-9,11,15-16H,4-5,10H2,1-3H3,(H2,19,20,22)/t15-,16+/m0/s1. The number of amides is 2.